The van der Waals surface area contributed by atoms with Crippen LogP contribution in [-0.4, -0.2) is 40.2 Å². The Hall–Kier alpha value is -1.98. The molecule has 0 N–H and O–H groups in total. The van der Waals surface area contributed by atoms with E-state index in [2.05, 4.69) is 6.92 Å². The molecule has 0 rings (SSSR count). The van der Waals surface area contributed by atoms with Gasteiger partial charge in [0.05, 0.1) is 0 Å². The smallest absolute Gasteiger partial charge is 0.120 e. The molecule has 0 amide bonds. The molecule has 6 nitrogen and oxygen atoms in total. The highest BCUT2D eigenvalue weighted by atomic mass is 16.1. The summed E-state index contributed by atoms with van der Waals surface area (Å²) in [4.78, 5) is 48.7. The van der Waals surface area contributed by atoms with E-state index >= 15 is 0 Å². The third kappa shape index (κ3) is 164. The Labute approximate surface area is 76.9 Å². The maximum atomic E-state index is 8.69. The van der Waals surface area contributed by atoms with Crippen molar-refractivity contribution in [3.63, 3.8) is 0 Å². The summed E-state index contributed by atoms with van der Waals surface area (Å²) in [6.07, 6.45) is 0.500. The molecule has 1 radical (unpaired) electrons. The van der Waals surface area contributed by atoms with Crippen molar-refractivity contribution in [2.45, 2.75) is 0 Å². The predicted octanol–water partition coefficient (Wildman–Crippen LogP) is -0.905. The van der Waals surface area contributed by atoms with Crippen molar-refractivity contribution in [3.8, 4) is 0 Å². The molecule has 0 bridgehead atoms. The molecule has 0 aromatic rings. The first-order valence-electron chi connectivity index (χ1n) is 2.09. The predicted molar refractivity (Wildman–Crippen MR) is 47.0 cm³/mol. The number of carbonyl (C=O) groups excluding carboxylic acids is 6. The summed E-state index contributed by atoms with van der Waals surface area (Å²) in [5.74, 6) is 0. The van der Waals surface area contributed by atoms with E-state index in [0.717, 1.165) is 0 Å². The fourth-order valence-corrected chi connectivity index (χ4v) is 0. The summed E-state index contributed by atoms with van der Waals surface area (Å²) in [5.41, 5.74) is 0. The largest absolute Gasteiger partial charge is 0.307 e. The van der Waals surface area contributed by atoms with Crippen LogP contribution in [0.2, 0.25) is 0 Å². The van der Waals surface area contributed by atoms with Crippen molar-refractivity contribution in [1.82, 2.24) is 0 Å². The summed E-state index contributed by atoms with van der Waals surface area (Å²) >= 11 is 0. The Morgan fingerprint density at radius 1 is 0.538 bits per heavy atom. The van der Waals surface area contributed by atoms with Crippen LogP contribution < -0.4 is 0 Å². The quantitative estimate of drug-likeness (QED) is 0.461. The number of hydrogen-bond donors (Lipinski definition) is 0. The van der Waals surface area contributed by atoms with Crippen molar-refractivity contribution in [2.75, 3.05) is 0 Å². The van der Waals surface area contributed by atoms with E-state index in [1.54, 1.807) is 0 Å². The van der Waals surface area contributed by atoms with Gasteiger partial charge in [0.15, 0.2) is 0 Å². The van der Waals surface area contributed by atoms with Crippen molar-refractivity contribution < 1.29 is 28.8 Å². The van der Waals surface area contributed by atoms with Crippen LogP contribution in [0.15, 0.2) is 0 Å². The Bertz CT molecular complexity index is 47.3. The zero-order valence-corrected chi connectivity index (χ0v) is 7.27. The molecule has 0 atom stereocenters. The maximum Gasteiger partial charge on any atom is 0.120 e. The maximum absolute atomic E-state index is 8.69. The number of carbonyl (C=O) groups is 6. The van der Waals surface area contributed by atoms with Crippen molar-refractivity contribution >= 4 is 40.2 Å². The lowest BCUT2D eigenvalue weighted by molar-refractivity contribution is -0.104. The van der Waals surface area contributed by atoms with Gasteiger partial charge in [0.1, 0.15) is 40.2 Å². The van der Waals surface area contributed by atoms with Gasteiger partial charge >= 0.3 is 0 Å². The topological polar surface area (TPSA) is 102 Å². The molecule has 0 aliphatic carbocycles. The Kier molecular flexibility index (Phi) is 2870. The van der Waals surface area contributed by atoms with Gasteiger partial charge in [-0.2, -0.15) is 0 Å². The number of rotatable bonds is 0. The fourth-order valence-electron chi connectivity index (χ4n) is 0. The summed E-state index contributed by atoms with van der Waals surface area (Å²) in [5, 5.41) is 0. The van der Waals surface area contributed by atoms with Crippen molar-refractivity contribution in [1.29, 1.82) is 0 Å². The summed E-state index contributed by atoms with van der Waals surface area (Å²) in [6.45, 7) is 12.8. The number of hydrogen-bond acceptors (Lipinski definition) is 6. The van der Waals surface area contributed by atoms with Crippen LogP contribution in [0.3, 0.4) is 0 Å². The number of aldehydes is 1. The SMILES string of the molecule is C=O.C=O.C=O.C=O.C=O.[CH2]C=O. The molecule has 0 aliphatic rings. The Balaban J connectivity index is -0.0000000115. The van der Waals surface area contributed by atoms with Crippen molar-refractivity contribution in [2.24, 2.45) is 0 Å². The van der Waals surface area contributed by atoms with Gasteiger partial charge < -0.3 is 28.8 Å². The molecule has 0 saturated heterocycles. The molecule has 0 saturated carbocycles. The molecule has 0 fully saturated rings. The average molecular weight is 193 g/mol. The first-order chi connectivity index (χ1) is 6.41. The molecular weight excluding hydrogens is 180 g/mol. The van der Waals surface area contributed by atoms with Gasteiger partial charge in [-0.15, -0.1) is 0 Å². The van der Waals surface area contributed by atoms with E-state index in [1.807, 2.05) is 33.9 Å². The Morgan fingerprint density at radius 2 is 0.538 bits per heavy atom. The molecule has 13 heavy (non-hydrogen) atoms. The molecule has 0 heterocycles. The molecule has 0 unspecified atom stereocenters. The molecule has 0 aromatic heterocycles. The lowest BCUT2D eigenvalue weighted by Crippen LogP contribution is -1.37. The molecule has 77 valence electrons. The molecule has 0 aliphatic heterocycles. The minimum Gasteiger partial charge on any atom is -0.307 e. The van der Waals surface area contributed by atoms with Gasteiger partial charge in [0.25, 0.3) is 0 Å². The lowest BCUT2D eigenvalue weighted by atomic mass is 11.0. The lowest BCUT2D eigenvalue weighted by Gasteiger charge is -1.23. The molecule has 0 spiro atoms. The third-order valence-corrected chi connectivity index (χ3v) is 0. The first kappa shape index (κ1) is 43.9. The third-order valence-electron chi connectivity index (χ3n) is 0. The van der Waals surface area contributed by atoms with Gasteiger partial charge in [-0.05, 0) is 0 Å². The van der Waals surface area contributed by atoms with Gasteiger partial charge in [-0.25, -0.2) is 0 Å². The highest BCUT2D eigenvalue weighted by Gasteiger charge is 1.25. The summed E-state index contributed by atoms with van der Waals surface area (Å²) in [6, 6.07) is 0. The minimum absolute atomic E-state index is 0.500. The first-order valence-corrected chi connectivity index (χ1v) is 2.09. The van der Waals surface area contributed by atoms with Gasteiger partial charge in [0, 0.05) is 6.92 Å². The highest BCUT2D eigenvalue weighted by Crippen LogP contribution is 1.10. The molecular formula is C7H13O6. The Morgan fingerprint density at radius 3 is 0.538 bits per heavy atom. The van der Waals surface area contributed by atoms with E-state index in [9.17, 15) is 0 Å². The van der Waals surface area contributed by atoms with E-state index in [1.165, 1.54) is 0 Å². The minimum atomic E-state index is 0.500. The normalized spacial score (nSPS) is 2.54. The standard InChI is InChI=1S/C2H3O.5CH2O/c1-2-3;5*1-2/h2H,1H2;5*1H2. The zero-order chi connectivity index (χ0) is 12.7. The van der Waals surface area contributed by atoms with Crippen LogP contribution in [0.1, 0.15) is 0 Å². The molecule has 6 heteroatoms. The van der Waals surface area contributed by atoms with Crippen LogP contribution >= 0.6 is 0 Å². The fraction of sp³-hybridized carbons (Fsp3) is 0. The van der Waals surface area contributed by atoms with E-state index in [0.29, 0.717) is 6.29 Å². The summed E-state index contributed by atoms with van der Waals surface area (Å²) in [7, 11) is 0. The second-order valence-electron chi connectivity index (χ2n) is 0.167. The second-order valence-corrected chi connectivity index (χ2v) is 0.167. The average Bonchev–Trinajstić information content (AvgIpc) is 2.32. The molecule has 0 aromatic carbocycles. The zero-order valence-electron chi connectivity index (χ0n) is 7.27. The van der Waals surface area contributed by atoms with Gasteiger partial charge in [-0.1, -0.05) is 0 Å². The van der Waals surface area contributed by atoms with Crippen molar-refractivity contribution in [3.05, 3.63) is 6.92 Å². The monoisotopic (exact) mass is 193 g/mol. The van der Waals surface area contributed by atoms with E-state index in [-0.39, 0.29) is 0 Å². The van der Waals surface area contributed by atoms with Crippen LogP contribution in [0.25, 0.3) is 0 Å². The van der Waals surface area contributed by atoms with Gasteiger partial charge in [0.2, 0.25) is 0 Å². The highest BCUT2D eigenvalue weighted by molar-refractivity contribution is 5.53. The van der Waals surface area contributed by atoms with E-state index in [4.69, 9.17) is 28.8 Å². The van der Waals surface area contributed by atoms with Crippen LogP contribution in [0.4, 0.5) is 0 Å². The van der Waals surface area contributed by atoms with Crippen LogP contribution in [0, 0.1) is 6.92 Å². The van der Waals surface area contributed by atoms with Crippen LogP contribution in [0.5, 0.6) is 0 Å². The second kappa shape index (κ2) is 849. The van der Waals surface area contributed by atoms with Crippen LogP contribution in [-0.2, 0) is 28.8 Å². The van der Waals surface area contributed by atoms with Gasteiger partial charge in [-0.3, -0.25) is 0 Å². The van der Waals surface area contributed by atoms with E-state index < -0.39 is 0 Å². The summed E-state index contributed by atoms with van der Waals surface area (Å²) < 4.78 is 0.